The molecule has 0 atom stereocenters. The Kier molecular flexibility index (Phi) is 5.86. The summed E-state index contributed by atoms with van der Waals surface area (Å²) in [5, 5.41) is 9.14. The molecule has 1 aliphatic heterocycles. The lowest BCUT2D eigenvalue weighted by Gasteiger charge is -2.35. The van der Waals surface area contributed by atoms with Crippen molar-refractivity contribution in [1.82, 2.24) is 14.9 Å². The molecule has 3 rings (SSSR count). The average molecular weight is 436 g/mol. The number of hydrogen-bond donors (Lipinski definition) is 0. The van der Waals surface area contributed by atoms with Gasteiger partial charge in [0, 0.05) is 49.6 Å². The first-order valence-electron chi connectivity index (χ1n) is 8.16. The summed E-state index contributed by atoms with van der Waals surface area (Å²) in [6.07, 6.45) is 3.08. The Bertz CT molecular complexity index is 903. The van der Waals surface area contributed by atoms with Crippen molar-refractivity contribution in [3.8, 4) is 6.07 Å². The van der Waals surface area contributed by atoms with E-state index in [2.05, 4.69) is 36.9 Å². The molecule has 0 unspecified atom stereocenters. The number of nitrogens with zero attached hydrogens (tertiary/aromatic N) is 5. The second-order valence-electron chi connectivity index (χ2n) is 5.94. The summed E-state index contributed by atoms with van der Waals surface area (Å²) in [5.41, 5.74) is 0.318. The smallest absolute Gasteiger partial charge is 0.183 e. The van der Waals surface area contributed by atoms with Gasteiger partial charge in [-0.15, -0.1) is 0 Å². The predicted molar refractivity (Wildman–Crippen MR) is 102 cm³/mol. The van der Waals surface area contributed by atoms with Crippen molar-refractivity contribution in [3.63, 3.8) is 0 Å². The van der Waals surface area contributed by atoms with Gasteiger partial charge in [0.15, 0.2) is 21.3 Å². The van der Waals surface area contributed by atoms with Gasteiger partial charge in [0.25, 0.3) is 0 Å². The number of hydrogen-bond acceptors (Lipinski definition) is 7. The van der Waals surface area contributed by atoms with Crippen LogP contribution in [0.25, 0.3) is 0 Å². The highest BCUT2D eigenvalue weighted by atomic mass is 79.9. The maximum atomic E-state index is 12.4. The van der Waals surface area contributed by atoms with E-state index in [1.54, 1.807) is 30.5 Å². The topological polar surface area (TPSA) is 90.2 Å². The van der Waals surface area contributed by atoms with Crippen molar-refractivity contribution in [2.45, 2.75) is 4.90 Å². The molecule has 0 saturated carbocycles. The van der Waals surface area contributed by atoms with E-state index in [0.717, 1.165) is 17.6 Å². The fraction of sp³-hybridized carbons (Fsp3) is 0.353. The summed E-state index contributed by atoms with van der Waals surface area (Å²) in [6, 6.07) is 8.77. The monoisotopic (exact) mass is 435 g/mol. The third kappa shape index (κ3) is 4.38. The lowest BCUT2D eigenvalue weighted by atomic mass is 10.3. The van der Waals surface area contributed by atoms with Gasteiger partial charge in [-0.3, -0.25) is 4.90 Å². The van der Waals surface area contributed by atoms with Crippen LogP contribution in [0.3, 0.4) is 0 Å². The number of rotatable bonds is 5. The first-order chi connectivity index (χ1) is 12.5. The molecule has 1 fully saturated rings. The Morgan fingerprint density at radius 1 is 1.08 bits per heavy atom. The molecule has 0 N–H and O–H groups in total. The van der Waals surface area contributed by atoms with Crippen LogP contribution >= 0.6 is 15.9 Å². The second kappa shape index (κ2) is 8.12. The standard InChI is InChI=1S/C17H18BrN5O2S/c18-14-1-3-15(4-2-14)26(24,25)12-11-22-7-9-23(10-8-22)17-16(13-19)20-5-6-21-17/h1-6H,7-12H2. The summed E-state index contributed by atoms with van der Waals surface area (Å²) in [4.78, 5) is 12.8. The number of aromatic nitrogens is 2. The molecule has 1 saturated heterocycles. The van der Waals surface area contributed by atoms with Crippen LogP contribution in [0.1, 0.15) is 5.69 Å². The molecule has 1 aromatic heterocycles. The molecule has 2 heterocycles. The maximum Gasteiger partial charge on any atom is 0.183 e. The number of anilines is 1. The molecule has 2 aromatic rings. The Morgan fingerprint density at radius 2 is 1.73 bits per heavy atom. The minimum Gasteiger partial charge on any atom is -0.352 e. The molecule has 9 heteroatoms. The summed E-state index contributed by atoms with van der Waals surface area (Å²) >= 11 is 3.31. The van der Waals surface area contributed by atoms with Crippen LogP contribution in [0, 0.1) is 11.3 Å². The van der Waals surface area contributed by atoms with E-state index >= 15 is 0 Å². The van der Waals surface area contributed by atoms with Gasteiger partial charge in [-0.1, -0.05) is 15.9 Å². The van der Waals surface area contributed by atoms with E-state index in [4.69, 9.17) is 5.26 Å². The van der Waals surface area contributed by atoms with Crippen molar-refractivity contribution in [1.29, 1.82) is 5.26 Å². The molecule has 1 aromatic carbocycles. The molecule has 7 nitrogen and oxygen atoms in total. The van der Waals surface area contributed by atoms with Crippen molar-refractivity contribution in [3.05, 3.63) is 46.8 Å². The Balaban J connectivity index is 1.56. The average Bonchev–Trinajstić information content (AvgIpc) is 2.67. The minimum absolute atomic E-state index is 0.0865. The van der Waals surface area contributed by atoms with Crippen LogP contribution in [-0.4, -0.2) is 61.8 Å². The molecule has 136 valence electrons. The molecule has 1 aliphatic rings. The number of halogens is 1. The fourth-order valence-electron chi connectivity index (χ4n) is 2.83. The van der Waals surface area contributed by atoms with Gasteiger partial charge in [-0.05, 0) is 24.3 Å². The number of benzene rings is 1. The number of nitriles is 1. The summed E-state index contributed by atoms with van der Waals surface area (Å²) in [5.74, 6) is 0.681. The largest absolute Gasteiger partial charge is 0.352 e. The number of piperazine rings is 1. The zero-order chi connectivity index (χ0) is 18.6. The van der Waals surface area contributed by atoms with Crippen LogP contribution in [0.4, 0.5) is 5.82 Å². The second-order valence-corrected chi connectivity index (χ2v) is 8.97. The van der Waals surface area contributed by atoms with Crippen LogP contribution in [0.5, 0.6) is 0 Å². The molecule has 0 spiro atoms. The summed E-state index contributed by atoms with van der Waals surface area (Å²) < 4.78 is 25.8. The van der Waals surface area contributed by atoms with Crippen LogP contribution in [-0.2, 0) is 9.84 Å². The SMILES string of the molecule is N#Cc1nccnc1N1CCN(CCS(=O)(=O)c2ccc(Br)cc2)CC1. The minimum atomic E-state index is -3.29. The van der Waals surface area contributed by atoms with Crippen LogP contribution in [0.15, 0.2) is 46.0 Å². The maximum absolute atomic E-state index is 12.4. The van der Waals surface area contributed by atoms with Gasteiger partial charge in [0.1, 0.15) is 6.07 Å². The van der Waals surface area contributed by atoms with Crippen LogP contribution < -0.4 is 4.90 Å². The molecule has 26 heavy (non-hydrogen) atoms. The van der Waals surface area contributed by atoms with Gasteiger partial charge in [-0.2, -0.15) is 5.26 Å². The third-order valence-electron chi connectivity index (χ3n) is 4.31. The highest BCUT2D eigenvalue weighted by molar-refractivity contribution is 9.10. The molecule has 0 amide bonds. The zero-order valence-electron chi connectivity index (χ0n) is 14.0. The fourth-order valence-corrected chi connectivity index (χ4v) is 4.38. The first-order valence-corrected chi connectivity index (χ1v) is 10.6. The summed E-state index contributed by atoms with van der Waals surface area (Å²) in [6.45, 7) is 3.30. The van der Waals surface area contributed by atoms with E-state index in [9.17, 15) is 8.42 Å². The highest BCUT2D eigenvalue weighted by Gasteiger charge is 2.22. The Hall–Kier alpha value is -2.02. The van der Waals surface area contributed by atoms with Gasteiger partial charge >= 0.3 is 0 Å². The van der Waals surface area contributed by atoms with Crippen molar-refractivity contribution >= 4 is 31.6 Å². The van der Waals surface area contributed by atoms with E-state index < -0.39 is 9.84 Å². The van der Waals surface area contributed by atoms with Gasteiger partial charge in [0.2, 0.25) is 0 Å². The van der Waals surface area contributed by atoms with E-state index in [-0.39, 0.29) is 5.75 Å². The van der Waals surface area contributed by atoms with Gasteiger partial charge < -0.3 is 4.90 Å². The van der Waals surface area contributed by atoms with E-state index in [1.165, 1.54) is 6.20 Å². The van der Waals surface area contributed by atoms with Gasteiger partial charge in [-0.25, -0.2) is 18.4 Å². The first kappa shape index (κ1) is 18.8. The highest BCUT2D eigenvalue weighted by Crippen LogP contribution is 2.18. The molecular formula is C17H18BrN5O2S. The molecule has 0 aliphatic carbocycles. The number of sulfone groups is 1. The predicted octanol–water partition coefficient (Wildman–Crippen LogP) is 1.71. The van der Waals surface area contributed by atoms with Crippen molar-refractivity contribution in [2.24, 2.45) is 0 Å². The third-order valence-corrected chi connectivity index (χ3v) is 6.54. The zero-order valence-corrected chi connectivity index (χ0v) is 16.4. The van der Waals surface area contributed by atoms with E-state index in [1.807, 2.05) is 4.90 Å². The molecule has 0 bridgehead atoms. The van der Waals surface area contributed by atoms with E-state index in [0.29, 0.717) is 36.0 Å². The molecular weight excluding hydrogens is 418 g/mol. The summed E-state index contributed by atoms with van der Waals surface area (Å²) in [7, 11) is -3.29. The van der Waals surface area contributed by atoms with Crippen LogP contribution in [0.2, 0.25) is 0 Å². The van der Waals surface area contributed by atoms with Gasteiger partial charge in [0.05, 0.1) is 10.6 Å². The Morgan fingerprint density at radius 3 is 2.38 bits per heavy atom. The normalized spacial score (nSPS) is 15.6. The van der Waals surface area contributed by atoms with Crippen molar-refractivity contribution in [2.75, 3.05) is 43.4 Å². The molecule has 0 radical (unpaired) electrons. The Labute approximate surface area is 161 Å². The van der Waals surface area contributed by atoms with Crippen molar-refractivity contribution < 1.29 is 8.42 Å². The lowest BCUT2D eigenvalue weighted by molar-refractivity contribution is 0.271. The quantitative estimate of drug-likeness (QED) is 0.705. The lowest BCUT2D eigenvalue weighted by Crippen LogP contribution is -2.48.